The molecule has 0 bridgehead atoms. The summed E-state index contributed by atoms with van der Waals surface area (Å²) in [6.45, 7) is 6.00. The predicted molar refractivity (Wildman–Crippen MR) is 113 cm³/mol. The number of nitrogens with zero attached hydrogens (tertiary/aromatic N) is 2. The number of aryl methyl sites for hydroxylation is 1. The Labute approximate surface area is 171 Å². The summed E-state index contributed by atoms with van der Waals surface area (Å²) in [7, 11) is 0. The van der Waals surface area contributed by atoms with E-state index in [0.717, 1.165) is 10.2 Å². The van der Waals surface area contributed by atoms with Crippen LogP contribution in [0.5, 0.6) is 0 Å². The van der Waals surface area contributed by atoms with Crippen molar-refractivity contribution in [3.05, 3.63) is 64.4 Å². The highest BCUT2D eigenvalue weighted by molar-refractivity contribution is 7.22. The number of fused-ring (bicyclic) bond motifs is 1. The molecule has 4 rings (SSSR count). The Hall–Kier alpha value is -2.70. The minimum absolute atomic E-state index is 0.322. The number of hydrogen-bond acceptors (Lipinski definition) is 5. The third-order valence-corrected chi connectivity index (χ3v) is 5.78. The maximum Gasteiger partial charge on any atom is 0.263 e. The predicted octanol–water partition coefficient (Wildman–Crippen LogP) is 6.29. The second-order valence-electron chi connectivity index (χ2n) is 6.80. The summed E-state index contributed by atoms with van der Waals surface area (Å²) in [6, 6.07) is 13.4. The average Bonchev–Trinajstić information content (AvgIpc) is 3.24. The molecule has 0 atom stereocenters. The molecule has 5 nitrogen and oxygen atoms in total. The smallest absolute Gasteiger partial charge is 0.263 e. The molecule has 7 heteroatoms. The molecule has 0 unspecified atom stereocenters. The molecule has 0 saturated heterocycles. The molecule has 0 aliphatic carbocycles. The number of thiazole rings is 1. The van der Waals surface area contributed by atoms with E-state index in [4.69, 9.17) is 16.1 Å². The first-order chi connectivity index (χ1) is 13.4. The Morgan fingerprint density at radius 1 is 1.21 bits per heavy atom. The Morgan fingerprint density at radius 3 is 2.75 bits per heavy atom. The lowest BCUT2D eigenvalue weighted by molar-refractivity contribution is 0.102. The van der Waals surface area contributed by atoms with Gasteiger partial charge >= 0.3 is 0 Å². The molecule has 2 heterocycles. The number of benzene rings is 2. The Kier molecular flexibility index (Phi) is 4.91. The molecule has 28 heavy (non-hydrogen) atoms. The molecular formula is C21H18ClN3O2S. The number of carbonyl (C=O) groups excluding carboxylic acids is 1. The fourth-order valence-electron chi connectivity index (χ4n) is 2.99. The molecule has 0 saturated carbocycles. The molecule has 2 aromatic heterocycles. The van der Waals surface area contributed by atoms with Gasteiger partial charge in [-0.2, -0.15) is 0 Å². The molecule has 0 aliphatic heterocycles. The van der Waals surface area contributed by atoms with Crippen molar-refractivity contribution in [3.63, 3.8) is 0 Å². The fraction of sp³-hybridized carbons (Fsp3) is 0.190. The number of aromatic nitrogens is 2. The van der Waals surface area contributed by atoms with Gasteiger partial charge in [-0.3, -0.25) is 10.1 Å². The van der Waals surface area contributed by atoms with Crippen LogP contribution >= 0.6 is 22.9 Å². The third-order valence-electron chi connectivity index (χ3n) is 4.52. The van der Waals surface area contributed by atoms with Gasteiger partial charge in [0, 0.05) is 5.56 Å². The van der Waals surface area contributed by atoms with E-state index in [2.05, 4.69) is 41.4 Å². The maximum atomic E-state index is 13.0. The highest BCUT2D eigenvalue weighted by Crippen LogP contribution is 2.33. The highest BCUT2D eigenvalue weighted by atomic mass is 35.5. The topological polar surface area (TPSA) is 68.0 Å². The SMILES string of the molecule is Cc1onc(-c2ccccc2Cl)c1C(=O)Nc1nc2ccc(C(C)C)cc2s1. The van der Waals surface area contributed by atoms with Crippen molar-refractivity contribution < 1.29 is 9.32 Å². The summed E-state index contributed by atoms with van der Waals surface area (Å²) in [6.07, 6.45) is 0. The highest BCUT2D eigenvalue weighted by Gasteiger charge is 2.24. The average molecular weight is 412 g/mol. The lowest BCUT2D eigenvalue weighted by atomic mass is 10.0. The van der Waals surface area contributed by atoms with Crippen LogP contribution < -0.4 is 5.32 Å². The van der Waals surface area contributed by atoms with Crippen LogP contribution in [0.1, 0.15) is 41.4 Å². The normalized spacial score (nSPS) is 11.3. The van der Waals surface area contributed by atoms with Crippen molar-refractivity contribution in [2.45, 2.75) is 26.7 Å². The first-order valence-electron chi connectivity index (χ1n) is 8.87. The van der Waals surface area contributed by atoms with Crippen molar-refractivity contribution in [2.75, 3.05) is 5.32 Å². The van der Waals surface area contributed by atoms with Gasteiger partial charge in [-0.05, 0) is 36.6 Å². The molecule has 0 fully saturated rings. The van der Waals surface area contributed by atoms with Crippen LogP contribution in [0, 0.1) is 6.92 Å². The monoisotopic (exact) mass is 411 g/mol. The lowest BCUT2D eigenvalue weighted by Gasteiger charge is -2.04. The van der Waals surface area contributed by atoms with E-state index >= 15 is 0 Å². The number of nitrogens with one attached hydrogen (secondary N) is 1. The number of hydrogen-bond donors (Lipinski definition) is 1. The number of anilines is 1. The van der Waals surface area contributed by atoms with Crippen LogP contribution in [0.2, 0.25) is 5.02 Å². The van der Waals surface area contributed by atoms with Gasteiger partial charge in [-0.25, -0.2) is 4.98 Å². The first-order valence-corrected chi connectivity index (χ1v) is 10.1. The van der Waals surface area contributed by atoms with Crippen molar-refractivity contribution in [1.82, 2.24) is 10.1 Å². The summed E-state index contributed by atoms with van der Waals surface area (Å²) in [5.74, 6) is 0.537. The van der Waals surface area contributed by atoms with E-state index in [1.165, 1.54) is 16.9 Å². The third kappa shape index (κ3) is 3.41. The molecular weight excluding hydrogens is 394 g/mol. The Morgan fingerprint density at radius 2 is 2.00 bits per heavy atom. The van der Waals surface area contributed by atoms with Gasteiger partial charge in [0.15, 0.2) is 5.13 Å². The van der Waals surface area contributed by atoms with Crippen LogP contribution in [0.4, 0.5) is 5.13 Å². The van der Waals surface area contributed by atoms with Crippen LogP contribution in [0.15, 0.2) is 47.0 Å². The molecule has 0 spiro atoms. The number of halogens is 1. The minimum Gasteiger partial charge on any atom is -0.360 e. The van der Waals surface area contributed by atoms with Crippen LogP contribution in [-0.2, 0) is 0 Å². The van der Waals surface area contributed by atoms with Crippen LogP contribution in [0.25, 0.3) is 21.5 Å². The summed E-state index contributed by atoms with van der Waals surface area (Å²) >= 11 is 7.72. The zero-order chi connectivity index (χ0) is 19.8. The first kappa shape index (κ1) is 18.7. The molecule has 0 aliphatic rings. The Bertz CT molecular complexity index is 1180. The number of rotatable bonds is 4. The number of amides is 1. The number of carbonyl (C=O) groups is 1. The van der Waals surface area contributed by atoms with Crippen molar-refractivity contribution in [1.29, 1.82) is 0 Å². The molecule has 1 N–H and O–H groups in total. The Balaban J connectivity index is 1.67. The van der Waals surface area contributed by atoms with Gasteiger partial charge in [0.05, 0.1) is 15.2 Å². The van der Waals surface area contributed by atoms with Gasteiger partial charge in [0.2, 0.25) is 0 Å². The van der Waals surface area contributed by atoms with Crippen molar-refractivity contribution in [2.24, 2.45) is 0 Å². The van der Waals surface area contributed by atoms with Gasteiger partial charge < -0.3 is 4.52 Å². The lowest BCUT2D eigenvalue weighted by Crippen LogP contribution is -2.13. The minimum atomic E-state index is -0.322. The van der Waals surface area contributed by atoms with Gasteiger partial charge in [0.25, 0.3) is 5.91 Å². The molecule has 2 aromatic carbocycles. The molecule has 142 valence electrons. The van der Waals surface area contributed by atoms with Gasteiger partial charge in [0.1, 0.15) is 17.0 Å². The summed E-state index contributed by atoms with van der Waals surface area (Å²) in [5.41, 5.74) is 3.53. The molecule has 4 aromatic rings. The zero-order valence-electron chi connectivity index (χ0n) is 15.6. The molecule has 0 radical (unpaired) electrons. The van der Waals surface area contributed by atoms with Crippen molar-refractivity contribution in [3.8, 4) is 11.3 Å². The van der Waals surface area contributed by atoms with Crippen LogP contribution in [0.3, 0.4) is 0 Å². The quantitative estimate of drug-likeness (QED) is 0.428. The maximum absolute atomic E-state index is 13.0. The standard InChI is InChI=1S/C21H18ClN3O2S/c1-11(2)13-8-9-16-17(10-13)28-21(23-16)24-20(26)18-12(3)27-25-19(18)14-6-4-5-7-15(14)22/h4-11H,1-3H3,(H,23,24,26). The van der Waals surface area contributed by atoms with Gasteiger partial charge in [-0.15, -0.1) is 0 Å². The van der Waals surface area contributed by atoms with Crippen LogP contribution in [-0.4, -0.2) is 16.0 Å². The van der Waals surface area contributed by atoms with E-state index in [1.807, 2.05) is 24.3 Å². The second-order valence-corrected chi connectivity index (χ2v) is 8.24. The van der Waals surface area contributed by atoms with E-state index in [-0.39, 0.29) is 5.91 Å². The molecule has 1 amide bonds. The fourth-order valence-corrected chi connectivity index (χ4v) is 4.12. The summed E-state index contributed by atoms with van der Waals surface area (Å²) in [4.78, 5) is 17.5. The second kappa shape index (κ2) is 7.37. The largest absolute Gasteiger partial charge is 0.360 e. The van der Waals surface area contributed by atoms with E-state index in [0.29, 0.717) is 38.7 Å². The summed E-state index contributed by atoms with van der Waals surface area (Å²) < 4.78 is 6.32. The van der Waals surface area contributed by atoms with E-state index < -0.39 is 0 Å². The summed E-state index contributed by atoms with van der Waals surface area (Å²) in [5, 5.41) is 7.96. The van der Waals surface area contributed by atoms with Crippen molar-refractivity contribution >= 4 is 44.2 Å². The zero-order valence-corrected chi connectivity index (χ0v) is 17.2. The van der Waals surface area contributed by atoms with E-state index in [1.54, 1.807) is 13.0 Å². The van der Waals surface area contributed by atoms with Gasteiger partial charge in [-0.1, -0.05) is 66.2 Å². The van der Waals surface area contributed by atoms with E-state index in [9.17, 15) is 4.79 Å².